The smallest absolute Gasteiger partial charge is 0.230 e. The highest BCUT2D eigenvalue weighted by molar-refractivity contribution is 7.09. The monoisotopic (exact) mass is 422 g/mol. The number of carbonyl (C=O) groups is 1. The maximum absolute atomic E-state index is 12.2. The number of amides is 1. The Morgan fingerprint density at radius 1 is 1.19 bits per heavy atom. The van der Waals surface area contributed by atoms with Crippen LogP contribution in [-0.4, -0.2) is 18.0 Å². The molecule has 0 radical (unpaired) electrons. The number of carbonyl (C=O) groups excluding carboxylic acids is 1. The van der Waals surface area contributed by atoms with Crippen molar-refractivity contribution in [1.82, 2.24) is 4.98 Å². The van der Waals surface area contributed by atoms with E-state index in [0.717, 1.165) is 5.01 Å². The van der Waals surface area contributed by atoms with Crippen molar-refractivity contribution in [1.29, 1.82) is 0 Å². The lowest BCUT2D eigenvalue weighted by Crippen LogP contribution is -2.14. The third kappa shape index (κ3) is 5.60. The molecule has 3 rings (SSSR count). The van der Waals surface area contributed by atoms with Gasteiger partial charge in [-0.15, -0.1) is 11.3 Å². The topological polar surface area (TPSA) is 60.5 Å². The number of hydrogen-bond donors (Lipinski definition) is 1. The number of rotatable bonds is 7. The lowest BCUT2D eigenvalue weighted by molar-refractivity contribution is -0.115. The Bertz CT molecular complexity index is 929. The molecule has 0 aliphatic heterocycles. The Labute approximate surface area is 170 Å². The van der Waals surface area contributed by atoms with Gasteiger partial charge in [-0.05, 0) is 42.5 Å². The molecule has 1 heterocycles. The molecule has 0 bridgehead atoms. The standard InChI is InChI=1S/C19H16Cl2N2O3S/c1-25-17-7-4-13(8-16(17)21)22-18(24)9-14-11-27-19(23-14)10-26-15-5-2-12(20)3-6-15/h2-8,11H,9-10H2,1H3,(H,22,24). The van der Waals surface area contributed by atoms with Crippen molar-refractivity contribution in [3.8, 4) is 11.5 Å². The number of benzene rings is 2. The van der Waals surface area contributed by atoms with Gasteiger partial charge in [-0.3, -0.25) is 4.79 Å². The molecule has 27 heavy (non-hydrogen) atoms. The minimum Gasteiger partial charge on any atom is -0.495 e. The number of nitrogens with zero attached hydrogens (tertiary/aromatic N) is 1. The average Bonchev–Trinajstić information content (AvgIpc) is 3.08. The molecular weight excluding hydrogens is 407 g/mol. The summed E-state index contributed by atoms with van der Waals surface area (Å²) in [7, 11) is 1.54. The third-order valence-corrected chi connectivity index (χ3v) is 4.97. The molecule has 140 valence electrons. The summed E-state index contributed by atoms with van der Waals surface area (Å²) in [4.78, 5) is 16.6. The first-order valence-corrected chi connectivity index (χ1v) is 9.62. The zero-order chi connectivity index (χ0) is 19.2. The van der Waals surface area contributed by atoms with Crippen LogP contribution in [-0.2, 0) is 17.8 Å². The molecule has 2 aromatic carbocycles. The fourth-order valence-corrected chi connectivity index (χ4v) is 3.37. The summed E-state index contributed by atoms with van der Waals surface area (Å²) in [5.74, 6) is 1.09. The first-order valence-electron chi connectivity index (χ1n) is 7.98. The van der Waals surface area contributed by atoms with E-state index in [2.05, 4.69) is 10.3 Å². The molecule has 1 amide bonds. The van der Waals surface area contributed by atoms with Gasteiger partial charge in [-0.1, -0.05) is 23.2 Å². The number of methoxy groups -OCH3 is 1. The fraction of sp³-hybridized carbons (Fsp3) is 0.158. The van der Waals surface area contributed by atoms with Crippen LogP contribution in [0.25, 0.3) is 0 Å². The molecule has 0 aliphatic carbocycles. The molecule has 0 fully saturated rings. The molecule has 0 saturated carbocycles. The maximum atomic E-state index is 12.2. The van der Waals surface area contributed by atoms with Gasteiger partial charge in [0, 0.05) is 16.1 Å². The minimum atomic E-state index is -0.174. The van der Waals surface area contributed by atoms with Crippen LogP contribution in [0.2, 0.25) is 10.0 Å². The van der Waals surface area contributed by atoms with Gasteiger partial charge < -0.3 is 14.8 Å². The molecule has 3 aromatic rings. The predicted molar refractivity (Wildman–Crippen MR) is 108 cm³/mol. The van der Waals surface area contributed by atoms with Crippen molar-refractivity contribution in [2.24, 2.45) is 0 Å². The van der Waals surface area contributed by atoms with E-state index in [-0.39, 0.29) is 12.3 Å². The van der Waals surface area contributed by atoms with Crippen molar-refractivity contribution in [2.45, 2.75) is 13.0 Å². The zero-order valence-electron chi connectivity index (χ0n) is 14.4. The number of ether oxygens (including phenoxy) is 2. The average molecular weight is 423 g/mol. The molecule has 0 aliphatic rings. The van der Waals surface area contributed by atoms with Gasteiger partial charge in [-0.2, -0.15) is 0 Å². The van der Waals surface area contributed by atoms with Crippen molar-refractivity contribution in [3.63, 3.8) is 0 Å². The summed E-state index contributed by atoms with van der Waals surface area (Å²) in [5.41, 5.74) is 1.29. The van der Waals surface area contributed by atoms with Crippen LogP contribution >= 0.6 is 34.5 Å². The van der Waals surface area contributed by atoms with E-state index in [1.165, 1.54) is 18.4 Å². The second-order valence-corrected chi connectivity index (χ2v) is 7.34. The number of thiazole rings is 1. The molecule has 0 atom stereocenters. The van der Waals surface area contributed by atoms with Crippen LogP contribution in [0.5, 0.6) is 11.5 Å². The summed E-state index contributed by atoms with van der Waals surface area (Å²) in [6.45, 7) is 0.335. The highest BCUT2D eigenvalue weighted by Crippen LogP contribution is 2.27. The number of nitrogens with one attached hydrogen (secondary N) is 1. The minimum absolute atomic E-state index is 0.168. The Balaban J connectivity index is 1.53. The number of halogens is 2. The second-order valence-electron chi connectivity index (χ2n) is 5.55. The van der Waals surface area contributed by atoms with Crippen molar-refractivity contribution >= 4 is 46.1 Å². The van der Waals surface area contributed by atoms with Crippen molar-refractivity contribution in [3.05, 3.63) is 68.6 Å². The van der Waals surface area contributed by atoms with E-state index >= 15 is 0 Å². The van der Waals surface area contributed by atoms with Gasteiger partial charge in [-0.25, -0.2) is 4.98 Å². The van der Waals surface area contributed by atoms with Crippen LogP contribution in [0.3, 0.4) is 0 Å². The van der Waals surface area contributed by atoms with Gasteiger partial charge >= 0.3 is 0 Å². The summed E-state index contributed by atoms with van der Waals surface area (Å²) in [6.07, 6.45) is 0.168. The molecule has 0 spiro atoms. The first kappa shape index (κ1) is 19.5. The molecule has 1 N–H and O–H groups in total. The normalized spacial score (nSPS) is 10.5. The molecule has 5 nitrogen and oxygen atoms in total. The Morgan fingerprint density at radius 3 is 2.67 bits per heavy atom. The summed E-state index contributed by atoms with van der Waals surface area (Å²) in [6, 6.07) is 12.2. The van der Waals surface area contributed by atoms with Crippen molar-refractivity contribution < 1.29 is 14.3 Å². The van der Waals surface area contributed by atoms with Gasteiger partial charge in [0.2, 0.25) is 5.91 Å². The summed E-state index contributed by atoms with van der Waals surface area (Å²) in [5, 5.41) is 6.53. The van der Waals surface area contributed by atoms with Gasteiger partial charge in [0.15, 0.2) is 0 Å². The fourth-order valence-electron chi connectivity index (χ4n) is 2.29. The maximum Gasteiger partial charge on any atom is 0.230 e. The van der Waals surface area contributed by atoms with Crippen LogP contribution in [0.4, 0.5) is 5.69 Å². The molecular formula is C19H16Cl2N2O3S. The van der Waals surface area contributed by atoms with Crippen LogP contribution in [0, 0.1) is 0 Å². The highest BCUT2D eigenvalue weighted by atomic mass is 35.5. The summed E-state index contributed by atoms with van der Waals surface area (Å²) >= 11 is 13.4. The molecule has 0 unspecified atom stereocenters. The Kier molecular flexibility index (Phi) is 6.55. The van der Waals surface area contributed by atoms with Gasteiger partial charge in [0.25, 0.3) is 0 Å². The number of aromatic nitrogens is 1. The lowest BCUT2D eigenvalue weighted by Gasteiger charge is -2.07. The van der Waals surface area contributed by atoms with Gasteiger partial charge in [0.1, 0.15) is 23.1 Å². The highest BCUT2D eigenvalue weighted by Gasteiger charge is 2.10. The van der Waals surface area contributed by atoms with Crippen LogP contribution < -0.4 is 14.8 Å². The van der Waals surface area contributed by atoms with E-state index in [1.54, 1.807) is 42.5 Å². The SMILES string of the molecule is COc1ccc(NC(=O)Cc2csc(COc3ccc(Cl)cc3)n2)cc1Cl. The quantitative estimate of drug-likeness (QED) is 0.566. The van der Waals surface area contributed by atoms with Gasteiger partial charge in [0.05, 0.1) is 24.2 Å². The van der Waals surface area contributed by atoms with Crippen molar-refractivity contribution in [2.75, 3.05) is 12.4 Å². The third-order valence-electron chi connectivity index (χ3n) is 3.55. The zero-order valence-corrected chi connectivity index (χ0v) is 16.7. The predicted octanol–water partition coefficient (Wildman–Crippen LogP) is 5.22. The number of anilines is 1. The largest absolute Gasteiger partial charge is 0.495 e. The lowest BCUT2D eigenvalue weighted by atomic mass is 10.2. The van der Waals surface area contributed by atoms with E-state index in [0.29, 0.717) is 39.5 Å². The van der Waals surface area contributed by atoms with Crippen LogP contribution in [0.15, 0.2) is 47.8 Å². The molecule has 1 aromatic heterocycles. The second kappa shape index (κ2) is 9.08. The van der Waals surface area contributed by atoms with E-state index in [9.17, 15) is 4.79 Å². The molecule has 0 saturated heterocycles. The Hall–Kier alpha value is -2.28. The van der Waals surface area contributed by atoms with Crippen LogP contribution in [0.1, 0.15) is 10.7 Å². The summed E-state index contributed by atoms with van der Waals surface area (Å²) < 4.78 is 10.8. The Morgan fingerprint density at radius 2 is 1.96 bits per heavy atom. The number of hydrogen-bond acceptors (Lipinski definition) is 5. The van der Waals surface area contributed by atoms with E-state index in [1.807, 2.05) is 5.38 Å². The first-order chi connectivity index (χ1) is 13.0. The van der Waals surface area contributed by atoms with E-state index in [4.69, 9.17) is 32.7 Å². The molecule has 8 heteroatoms. The van der Waals surface area contributed by atoms with E-state index < -0.39 is 0 Å².